The van der Waals surface area contributed by atoms with Crippen molar-refractivity contribution < 1.29 is 0 Å². The molecule has 1 aliphatic rings. The molecule has 0 saturated heterocycles. The summed E-state index contributed by atoms with van der Waals surface area (Å²) in [6.45, 7) is 5.31. The van der Waals surface area contributed by atoms with Gasteiger partial charge >= 0.3 is 0 Å². The highest BCUT2D eigenvalue weighted by Crippen LogP contribution is 2.39. The molecule has 0 saturated carbocycles. The molecule has 0 amide bonds. The fraction of sp³-hybridized carbons (Fsp3) is 0.421. The second-order valence-corrected chi connectivity index (χ2v) is 5.99. The van der Waals surface area contributed by atoms with Crippen molar-refractivity contribution in [3.8, 4) is 0 Å². The van der Waals surface area contributed by atoms with E-state index in [2.05, 4.69) is 55.6 Å². The van der Waals surface area contributed by atoms with Gasteiger partial charge in [0.05, 0.1) is 0 Å². The van der Waals surface area contributed by atoms with Gasteiger partial charge in [0.2, 0.25) is 0 Å². The smallest absolute Gasteiger partial charge is 0.0485 e. The van der Waals surface area contributed by atoms with Crippen LogP contribution in [0.2, 0.25) is 0 Å². The molecule has 2 aromatic rings. The molecular weight excluding hydrogens is 256 g/mol. The molecule has 3 rings (SSSR count). The molecule has 2 heteroatoms. The molecule has 0 bridgehead atoms. The van der Waals surface area contributed by atoms with E-state index in [1.807, 2.05) is 6.20 Å². The minimum absolute atomic E-state index is 0.365. The van der Waals surface area contributed by atoms with Crippen LogP contribution in [0.25, 0.3) is 0 Å². The Hall–Kier alpha value is -1.67. The Morgan fingerprint density at radius 2 is 2.05 bits per heavy atom. The lowest BCUT2D eigenvalue weighted by molar-refractivity contribution is 0.400. The van der Waals surface area contributed by atoms with Gasteiger partial charge in [-0.15, -0.1) is 0 Å². The molecular formula is C19H24N2. The summed E-state index contributed by atoms with van der Waals surface area (Å²) in [4.78, 5) is 4.71. The predicted molar refractivity (Wildman–Crippen MR) is 87.5 cm³/mol. The number of aryl methyl sites for hydroxylation is 2. The first-order chi connectivity index (χ1) is 10.3. The zero-order valence-corrected chi connectivity index (χ0v) is 13.0. The van der Waals surface area contributed by atoms with Crippen LogP contribution < -0.4 is 5.32 Å². The predicted octanol–water partition coefficient (Wildman–Crippen LogP) is 4.16. The third-order valence-corrected chi connectivity index (χ3v) is 4.50. The minimum Gasteiger partial charge on any atom is -0.310 e. The summed E-state index contributed by atoms with van der Waals surface area (Å²) < 4.78 is 0. The maximum absolute atomic E-state index is 4.71. The summed E-state index contributed by atoms with van der Waals surface area (Å²) in [6.07, 6.45) is 5.59. The third-order valence-electron chi connectivity index (χ3n) is 4.50. The number of nitrogens with one attached hydrogen (secondary N) is 1. The average Bonchev–Trinajstić information content (AvgIpc) is 2.53. The van der Waals surface area contributed by atoms with Crippen molar-refractivity contribution in [1.29, 1.82) is 0 Å². The van der Waals surface area contributed by atoms with E-state index in [9.17, 15) is 0 Å². The van der Waals surface area contributed by atoms with E-state index < -0.39 is 0 Å². The van der Waals surface area contributed by atoms with Crippen molar-refractivity contribution in [2.24, 2.45) is 0 Å². The summed E-state index contributed by atoms with van der Waals surface area (Å²) in [5.41, 5.74) is 5.43. The third kappa shape index (κ3) is 3.01. The van der Waals surface area contributed by atoms with E-state index in [4.69, 9.17) is 4.98 Å². The molecule has 0 fully saturated rings. The second kappa shape index (κ2) is 6.40. The van der Waals surface area contributed by atoms with Crippen LogP contribution in [-0.2, 0) is 6.42 Å². The van der Waals surface area contributed by atoms with E-state index in [1.54, 1.807) is 0 Å². The number of benzene rings is 1. The normalized spacial score (nSPS) is 19.0. The van der Waals surface area contributed by atoms with E-state index in [1.165, 1.54) is 41.6 Å². The molecule has 1 aromatic carbocycles. The Morgan fingerprint density at radius 3 is 2.81 bits per heavy atom. The monoisotopic (exact) mass is 280 g/mol. The van der Waals surface area contributed by atoms with E-state index in [0.717, 1.165) is 6.54 Å². The largest absolute Gasteiger partial charge is 0.310 e. The summed E-state index contributed by atoms with van der Waals surface area (Å²) >= 11 is 0. The SMILES string of the molecule is CCNC(c1ccc(C)cc1)C1CCCc2cccnc21. The minimum atomic E-state index is 0.365. The van der Waals surface area contributed by atoms with Crippen molar-refractivity contribution in [1.82, 2.24) is 10.3 Å². The van der Waals surface area contributed by atoms with Crippen molar-refractivity contribution >= 4 is 0 Å². The molecule has 2 unspecified atom stereocenters. The van der Waals surface area contributed by atoms with Crippen molar-refractivity contribution in [3.63, 3.8) is 0 Å². The Kier molecular flexibility index (Phi) is 4.35. The first-order valence-corrected chi connectivity index (χ1v) is 8.03. The number of rotatable bonds is 4. The maximum Gasteiger partial charge on any atom is 0.0485 e. The molecule has 1 N–H and O–H groups in total. The molecule has 0 radical (unpaired) electrons. The molecule has 1 aromatic heterocycles. The van der Waals surface area contributed by atoms with Crippen LogP contribution >= 0.6 is 0 Å². The summed E-state index contributed by atoms with van der Waals surface area (Å²) in [5.74, 6) is 0.484. The summed E-state index contributed by atoms with van der Waals surface area (Å²) in [7, 11) is 0. The van der Waals surface area contributed by atoms with Gasteiger partial charge < -0.3 is 5.32 Å². The highest BCUT2D eigenvalue weighted by Gasteiger charge is 2.29. The van der Waals surface area contributed by atoms with Gasteiger partial charge in [-0.1, -0.05) is 42.8 Å². The van der Waals surface area contributed by atoms with Gasteiger partial charge in [0.1, 0.15) is 0 Å². The van der Waals surface area contributed by atoms with Gasteiger partial charge in [-0.25, -0.2) is 0 Å². The molecule has 0 spiro atoms. The molecule has 2 nitrogen and oxygen atoms in total. The van der Waals surface area contributed by atoms with E-state index in [-0.39, 0.29) is 0 Å². The van der Waals surface area contributed by atoms with Crippen LogP contribution in [0.15, 0.2) is 42.6 Å². The quantitative estimate of drug-likeness (QED) is 0.909. The zero-order chi connectivity index (χ0) is 14.7. The first kappa shape index (κ1) is 14.3. The fourth-order valence-electron chi connectivity index (χ4n) is 3.46. The Bertz CT molecular complexity index is 589. The first-order valence-electron chi connectivity index (χ1n) is 8.03. The average molecular weight is 280 g/mol. The Morgan fingerprint density at radius 1 is 1.24 bits per heavy atom. The van der Waals surface area contributed by atoms with Gasteiger partial charge in [0, 0.05) is 23.9 Å². The molecule has 110 valence electrons. The number of likely N-dealkylation sites (N-methyl/N-ethyl adjacent to an activating group) is 1. The number of nitrogens with zero attached hydrogens (tertiary/aromatic N) is 1. The number of aromatic nitrogens is 1. The van der Waals surface area contributed by atoms with Gasteiger partial charge in [-0.3, -0.25) is 4.98 Å². The van der Waals surface area contributed by atoms with Crippen LogP contribution in [0.4, 0.5) is 0 Å². The topological polar surface area (TPSA) is 24.9 Å². The Labute approximate surface area is 127 Å². The molecule has 2 atom stereocenters. The van der Waals surface area contributed by atoms with Gasteiger partial charge in [-0.2, -0.15) is 0 Å². The number of fused-ring (bicyclic) bond motifs is 1. The van der Waals surface area contributed by atoms with Crippen molar-refractivity contribution in [2.75, 3.05) is 6.54 Å². The fourth-order valence-corrected chi connectivity index (χ4v) is 3.46. The van der Waals surface area contributed by atoms with E-state index >= 15 is 0 Å². The summed E-state index contributed by atoms with van der Waals surface area (Å²) in [5, 5.41) is 3.69. The standard InChI is InChI=1S/C19H24N2/c1-3-20-18(16-11-9-14(2)10-12-16)17-8-4-6-15-7-5-13-21-19(15)17/h5,7,9-13,17-18,20H,3-4,6,8H2,1-2H3. The maximum atomic E-state index is 4.71. The van der Waals surface area contributed by atoms with Gasteiger partial charge in [0.25, 0.3) is 0 Å². The zero-order valence-electron chi connectivity index (χ0n) is 13.0. The van der Waals surface area contributed by atoms with Crippen LogP contribution in [0.3, 0.4) is 0 Å². The molecule has 0 aliphatic heterocycles. The van der Waals surface area contributed by atoms with Crippen LogP contribution in [0, 0.1) is 6.92 Å². The molecule has 21 heavy (non-hydrogen) atoms. The number of hydrogen-bond acceptors (Lipinski definition) is 2. The highest BCUT2D eigenvalue weighted by molar-refractivity contribution is 5.32. The lowest BCUT2D eigenvalue weighted by atomic mass is 9.79. The van der Waals surface area contributed by atoms with Gasteiger partial charge in [0.15, 0.2) is 0 Å². The van der Waals surface area contributed by atoms with Gasteiger partial charge in [-0.05, 0) is 49.9 Å². The summed E-state index contributed by atoms with van der Waals surface area (Å²) in [6, 6.07) is 13.6. The van der Waals surface area contributed by atoms with Crippen molar-refractivity contribution in [3.05, 3.63) is 65.0 Å². The lowest BCUT2D eigenvalue weighted by Gasteiger charge is -2.32. The van der Waals surface area contributed by atoms with Crippen LogP contribution in [0.1, 0.15) is 54.1 Å². The number of pyridine rings is 1. The van der Waals surface area contributed by atoms with Crippen LogP contribution in [-0.4, -0.2) is 11.5 Å². The van der Waals surface area contributed by atoms with Crippen molar-refractivity contribution in [2.45, 2.75) is 45.1 Å². The number of hydrogen-bond donors (Lipinski definition) is 1. The second-order valence-electron chi connectivity index (χ2n) is 5.99. The van der Waals surface area contributed by atoms with Crippen LogP contribution in [0.5, 0.6) is 0 Å². The Balaban J connectivity index is 1.96. The van der Waals surface area contributed by atoms with E-state index in [0.29, 0.717) is 12.0 Å². The molecule has 1 heterocycles. The lowest BCUT2D eigenvalue weighted by Crippen LogP contribution is -2.29. The highest BCUT2D eigenvalue weighted by atomic mass is 14.9. The molecule has 1 aliphatic carbocycles.